The van der Waals surface area contributed by atoms with Gasteiger partial charge in [0, 0.05) is 27.7 Å². The second-order valence-corrected chi connectivity index (χ2v) is 13.7. The van der Waals surface area contributed by atoms with Crippen molar-refractivity contribution in [2.75, 3.05) is 4.90 Å². The maximum atomic E-state index is 2.49. The summed E-state index contributed by atoms with van der Waals surface area (Å²) in [6.07, 6.45) is 0. The molecule has 2 heteroatoms. The minimum absolute atomic E-state index is 1.10. The number of anilines is 3. The van der Waals surface area contributed by atoms with E-state index in [0.29, 0.717) is 0 Å². The van der Waals surface area contributed by atoms with E-state index in [9.17, 15) is 0 Å². The van der Waals surface area contributed by atoms with Gasteiger partial charge in [0.05, 0.1) is 22.4 Å². The van der Waals surface area contributed by atoms with Gasteiger partial charge in [0.2, 0.25) is 0 Å². The first kappa shape index (κ1) is 31.6. The zero-order valence-electron chi connectivity index (χ0n) is 29.7. The summed E-state index contributed by atoms with van der Waals surface area (Å²) < 4.78 is 2.49. The molecule has 0 saturated carbocycles. The topological polar surface area (TPSA) is 8.17 Å². The Kier molecular flexibility index (Phi) is 7.85. The van der Waals surface area contributed by atoms with Gasteiger partial charge in [0.1, 0.15) is 0 Å². The van der Waals surface area contributed by atoms with Crippen LogP contribution in [0, 0.1) is 0 Å². The molecule has 254 valence electrons. The van der Waals surface area contributed by atoms with E-state index in [-0.39, 0.29) is 0 Å². The molecule has 1 heterocycles. The fraction of sp³-hybridized carbons (Fsp3) is 0. The highest BCUT2D eigenvalue weighted by molar-refractivity contribution is 6.17. The smallest absolute Gasteiger partial charge is 0.0562 e. The summed E-state index contributed by atoms with van der Waals surface area (Å²) >= 11 is 0. The molecular weight excluding hydrogens is 653 g/mol. The van der Waals surface area contributed by atoms with Crippen LogP contribution in [0.3, 0.4) is 0 Å². The number of fused-ring (bicyclic) bond motifs is 4. The third-order valence-corrected chi connectivity index (χ3v) is 10.6. The van der Waals surface area contributed by atoms with Crippen LogP contribution in [0.5, 0.6) is 0 Å². The number of rotatable bonds is 7. The van der Waals surface area contributed by atoms with Crippen LogP contribution in [-0.2, 0) is 0 Å². The molecule has 0 atom stereocenters. The lowest BCUT2D eigenvalue weighted by atomic mass is 9.90. The second-order valence-electron chi connectivity index (χ2n) is 13.7. The Labute approximate surface area is 315 Å². The SMILES string of the molecule is c1ccc(-c2ccc(N(c3ccccc3)c3cccc4c3c3ccccc3n4-c3cccc(-c4ccccc4)c3-c3cccc4ccccc34)cc2)cc1. The fourth-order valence-corrected chi connectivity index (χ4v) is 8.20. The van der Waals surface area contributed by atoms with Crippen LogP contribution in [0.2, 0.25) is 0 Å². The minimum Gasteiger partial charge on any atom is -0.310 e. The van der Waals surface area contributed by atoms with Crippen LogP contribution >= 0.6 is 0 Å². The molecule has 10 aromatic rings. The molecule has 0 amide bonds. The van der Waals surface area contributed by atoms with Gasteiger partial charge in [0.15, 0.2) is 0 Å². The van der Waals surface area contributed by atoms with Crippen molar-refractivity contribution in [1.29, 1.82) is 0 Å². The third-order valence-electron chi connectivity index (χ3n) is 10.6. The lowest BCUT2D eigenvalue weighted by Gasteiger charge is -2.27. The molecule has 0 aliphatic rings. The van der Waals surface area contributed by atoms with Crippen molar-refractivity contribution in [2.24, 2.45) is 0 Å². The van der Waals surface area contributed by atoms with E-state index in [1.807, 2.05) is 0 Å². The summed E-state index contributed by atoms with van der Waals surface area (Å²) in [5, 5.41) is 4.88. The fourth-order valence-electron chi connectivity index (χ4n) is 8.20. The summed E-state index contributed by atoms with van der Waals surface area (Å²) in [5.74, 6) is 0. The molecular formula is C52H36N2. The molecule has 0 spiro atoms. The van der Waals surface area contributed by atoms with Gasteiger partial charge in [-0.25, -0.2) is 0 Å². The van der Waals surface area contributed by atoms with Crippen molar-refractivity contribution in [3.05, 3.63) is 218 Å². The van der Waals surface area contributed by atoms with Crippen LogP contribution in [0.25, 0.3) is 71.6 Å². The Balaban J connectivity index is 1.26. The first-order chi connectivity index (χ1) is 26.8. The number of nitrogens with zero attached hydrogens (tertiary/aromatic N) is 2. The lowest BCUT2D eigenvalue weighted by Crippen LogP contribution is -2.10. The number of hydrogen-bond donors (Lipinski definition) is 0. The highest BCUT2D eigenvalue weighted by atomic mass is 15.1. The van der Waals surface area contributed by atoms with E-state index in [1.165, 1.54) is 60.4 Å². The molecule has 0 radical (unpaired) electrons. The Hall–Kier alpha value is -7.16. The van der Waals surface area contributed by atoms with E-state index < -0.39 is 0 Å². The average molecular weight is 689 g/mol. The summed E-state index contributed by atoms with van der Waals surface area (Å²) in [5.41, 5.74) is 14.0. The van der Waals surface area contributed by atoms with Crippen LogP contribution < -0.4 is 4.90 Å². The number of hydrogen-bond acceptors (Lipinski definition) is 1. The van der Waals surface area contributed by atoms with Crippen molar-refractivity contribution in [3.63, 3.8) is 0 Å². The molecule has 2 nitrogen and oxygen atoms in total. The van der Waals surface area contributed by atoms with Crippen LogP contribution in [0.1, 0.15) is 0 Å². The number of aromatic nitrogens is 1. The Morgan fingerprint density at radius 1 is 0.333 bits per heavy atom. The molecule has 0 fully saturated rings. The van der Waals surface area contributed by atoms with E-state index in [1.54, 1.807) is 0 Å². The normalized spacial score (nSPS) is 11.3. The predicted molar refractivity (Wildman–Crippen MR) is 229 cm³/mol. The standard InChI is InChI=1S/C52H36N2/c1-4-17-37(18-5-1)38-33-35-42(36-34-38)53(41-23-8-3-9-24-41)49-31-16-32-50-52(49)46-26-12-13-29-47(46)54(50)48-30-15-27-44(40-19-6-2-7-20-40)51(48)45-28-14-22-39-21-10-11-25-43(39)45/h1-36H. The van der Waals surface area contributed by atoms with E-state index >= 15 is 0 Å². The first-order valence-corrected chi connectivity index (χ1v) is 18.5. The molecule has 54 heavy (non-hydrogen) atoms. The maximum absolute atomic E-state index is 2.49. The van der Waals surface area contributed by atoms with Crippen molar-refractivity contribution >= 4 is 49.6 Å². The van der Waals surface area contributed by atoms with Crippen LogP contribution in [0.15, 0.2) is 218 Å². The van der Waals surface area contributed by atoms with Gasteiger partial charge in [0.25, 0.3) is 0 Å². The molecule has 0 saturated heterocycles. The quantitative estimate of drug-likeness (QED) is 0.162. The highest BCUT2D eigenvalue weighted by Crippen LogP contribution is 2.47. The zero-order chi connectivity index (χ0) is 35.8. The third kappa shape index (κ3) is 5.36. The van der Waals surface area contributed by atoms with Gasteiger partial charge in [-0.3, -0.25) is 0 Å². The second kappa shape index (κ2) is 13.4. The van der Waals surface area contributed by atoms with E-state index in [0.717, 1.165) is 28.3 Å². The van der Waals surface area contributed by atoms with Gasteiger partial charge in [-0.1, -0.05) is 170 Å². The molecule has 10 rings (SSSR count). The summed E-state index contributed by atoms with van der Waals surface area (Å²) in [7, 11) is 0. The highest BCUT2D eigenvalue weighted by Gasteiger charge is 2.24. The molecule has 9 aromatic carbocycles. The molecule has 0 aliphatic heterocycles. The van der Waals surface area contributed by atoms with Crippen LogP contribution in [0.4, 0.5) is 17.1 Å². The van der Waals surface area contributed by atoms with Crippen LogP contribution in [-0.4, -0.2) is 4.57 Å². The minimum atomic E-state index is 1.10. The largest absolute Gasteiger partial charge is 0.310 e. The van der Waals surface area contributed by atoms with Gasteiger partial charge in [-0.2, -0.15) is 0 Å². The molecule has 1 aromatic heterocycles. The van der Waals surface area contributed by atoms with Crippen molar-refractivity contribution in [1.82, 2.24) is 4.57 Å². The number of benzene rings is 9. The Bertz CT molecular complexity index is 2900. The van der Waals surface area contributed by atoms with Gasteiger partial charge in [-0.05, 0) is 87.1 Å². The Morgan fingerprint density at radius 3 is 1.65 bits per heavy atom. The number of para-hydroxylation sites is 2. The molecule has 0 N–H and O–H groups in total. The predicted octanol–water partition coefficient (Wildman–Crippen LogP) is 14.4. The van der Waals surface area contributed by atoms with E-state index in [2.05, 4.69) is 228 Å². The lowest BCUT2D eigenvalue weighted by molar-refractivity contribution is 1.18. The summed E-state index contributed by atoms with van der Waals surface area (Å²) in [4.78, 5) is 2.40. The maximum Gasteiger partial charge on any atom is 0.0562 e. The van der Waals surface area contributed by atoms with Gasteiger partial charge in [-0.15, -0.1) is 0 Å². The first-order valence-electron chi connectivity index (χ1n) is 18.5. The van der Waals surface area contributed by atoms with Crippen molar-refractivity contribution in [2.45, 2.75) is 0 Å². The molecule has 0 aliphatic carbocycles. The average Bonchev–Trinajstić information content (AvgIpc) is 3.59. The monoisotopic (exact) mass is 688 g/mol. The van der Waals surface area contributed by atoms with Gasteiger partial charge >= 0.3 is 0 Å². The van der Waals surface area contributed by atoms with Crippen molar-refractivity contribution in [3.8, 4) is 39.1 Å². The Morgan fingerprint density at radius 2 is 0.870 bits per heavy atom. The summed E-state index contributed by atoms with van der Waals surface area (Å²) in [6.45, 7) is 0. The van der Waals surface area contributed by atoms with Gasteiger partial charge < -0.3 is 9.47 Å². The summed E-state index contributed by atoms with van der Waals surface area (Å²) in [6, 6.07) is 78.9. The molecule has 0 unspecified atom stereocenters. The van der Waals surface area contributed by atoms with E-state index in [4.69, 9.17) is 0 Å². The zero-order valence-corrected chi connectivity index (χ0v) is 29.7. The molecule has 0 bridgehead atoms. The van der Waals surface area contributed by atoms with Crippen molar-refractivity contribution < 1.29 is 0 Å².